The summed E-state index contributed by atoms with van der Waals surface area (Å²) in [7, 11) is 0. The normalized spacial score (nSPS) is 23.1. The van der Waals surface area contributed by atoms with Crippen LogP contribution >= 0.6 is 0 Å². The summed E-state index contributed by atoms with van der Waals surface area (Å²) < 4.78 is 0. The summed E-state index contributed by atoms with van der Waals surface area (Å²) >= 11 is 0. The fraction of sp³-hybridized carbons (Fsp3) is 0.800. The monoisotopic (exact) mass is 214 g/mol. The molecule has 0 aromatic rings. The van der Waals surface area contributed by atoms with Gasteiger partial charge in [-0.25, -0.2) is 0 Å². The van der Waals surface area contributed by atoms with Crippen molar-refractivity contribution < 1.29 is 14.7 Å². The van der Waals surface area contributed by atoms with E-state index >= 15 is 0 Å². The first-order valence-electron chi connectivity index (χ1n) is 5.35. The Morgan fingerprint density at radius 1 is 1.53 bits per heavy atom. The van der Waals surface area contributed by atoms with E-state index in [9.17, 15) is 9.59 Å². The summed E-state index contributed by atoms with van der Waals surface area (Å²) in [4.78, 5) is 22.0. The van der Waals surface area contributed by atoms with Crippen LogP contribution in [0.4, 0.5) is 0 Å². The lowest BCUT2D eigenvalue weighted by Gasteiger charge is -2.24. The largest absolute Gasteiger partial charge is 0.481 e. The molecule has 1 heterocycles. The first-order chi connectivity index (χ1) is 7.09. The minimum atomic E-state index is -0.889. The third-order valence-electron chi connectivity index (χ3n) is 2.50. The highest BCUT2D eigenvalue weighted by molar-refractivity contribution is 5.82. The van der Waals surface area contributed by atoms with E-state index in [1.807, 2.05) is 0 Å². The van der Waals surface area contributed by atoms with Crippen LogP contribution in [0.3, 0.4) is 0 Å². The van der Waals surface area contributed by atoms with Crippen molar-refractivity contribution >= 4 is 11.9 Å². The molecule has 2 atom stereocenters. The lowest BCUT2D eigenvalue weighted by molar-refractivity contribution is -0.137. The Hall–Kier alpha value is -1.10. The third kappa shape index (κ3) is 4.29. The van der Waals surface area contributed by atoms with Gasteiger partial charge in [0.05, 0.1) is 12.5 Å². The molecule has 0 bridgehead atoms. The molecule has 1 saturated heterocycles. The van der Waals surface area contributed by atoms with Gasteiger partial charge in [-0.2, -0.15) is 0 Å². The van der Waals surface area contributed by atoms with Crippen molar-refractivity contribution in [3.8, 4) is 0 Å². The molecule has 3 N–H and O–H groups in total. The molecule has 1 rings (SSSR count). The maximum atomic E-state index is 11.6. The zero-order chi connectivity index (χ0) is 11.3. The molecule has 0 aromatic carbocycles. The van der Waals surface area contributed by atoms with Crippen molar-refractivity contribution in [3.05, 3.63) is 0 Å². The molecule has 0 saturated carbocycles. The minimum Gasteiger partial charge on any atom is -0.481 e. The Morgan fingerprint density at radius 2 is 2.27 bits per heavy atom. The highest BCUT2D eigenvalue weighted by atomic mass is 16.4. The maximum Gasteiger partial charge on any atom is 0.305 e. The lowest BCUT2D eigenvalue weighted by Crippen LogP contribution is -2.49. The van der Waals surface area contributed by atoms with Gasteiger partial charge in [-0.15, -0.1) is 0 Å². The average molecular weight is 214 g/mol. The summed E-state index contributed by atoms with van der Waals surface area (Å²) in [5.41, 5.74) is 0. The van der Waals surface area contributed by atoms with Crippen molar-refractivity contribution in [2.24, 2.45) is 0 Å². The topological polar surface area (TPSA) is 78.4 Å². The molecule has 86 valence electrons. The zero-order valence-corrected chi connectivity index (χ0v) is 8.95. The molecule has 1 unspecified atom stereocenters. The molecule has 0 spiro atoms. The van der Waals surface area contributed by atoms with E-state index in [1.54, 1.807) is 6.92 Å². The average Bonchev–Trinajstić information content (AvgIpc) is 2.17. The van der Waals surface area contributed by atoms with Crippen LogP contribution in [-0.4, -0.2) is 35.6 Å². The highest BCUT2D eigenvalue weighted by Crippen LogP contribution is 2.07. The van der Waals surface area contributed by atoms with Gasteiger partial charge < -0.3 is 15.7 Å². The number of hydrogen-bond donors (Lipinski definition) is 3. The van der Waals surface area contributed by atoms with Gasteiger partial charge in [0.15, 0.2) is 0 Å². The van der Waals surface area contributed by atoms with Gasteiger partial charge >= 0.3 is 5.97 Å². The van der Waals surface area contributed by atoms with Gasteiger partial charge in [-0.1, -0.05) is 6.42 Å². The van der Waals surface area contributed by atoms with Crippen molar-refractivity contribution in [2.75, 3.05) is 6.54 Å². The number of hydrogen-bond acceptors (Lipinski definition) is 3. The number of rotatable bonds is 4. The number of amides is 1. The number of aliphatic carboxylic acids is 1. The van der Waals surface area contributed by atoms with Gasteiger partial charge in [0.25, 0.3) is 0 Å². The second kappa shape index (κ2) is 5.70. The van der Waals surface area contributed by atoms with Crippen LogP contribution in [0.15, 0.2) is 0 Å². The smallest absolute Gasteiger partial charge is 0.305 e. The van der Waals surface area contributed by atoms with Crippen LogP contribution in [-0.2, 0) is 9.59 Å². The van der Waals surface area contributed by atoms with Crippen LogP contribution in [0.25, 0.3) is 0 Å². The number of carboxylic acid groups (broad SMARTS) is 1. The Balaban J connectivity index is 2.30. The van der Waals surface area contributed by atoms with Gasteiger partial charge in [-0.05, 0) is 26.3 Å². The quantitative estimate of drug-likeness (QED) is 0.620. The molecular formula is C10H18N2O3. The Bertz CT molecular complexity index is 237. The predicted molar refractivity (Wildman–Crippen MR) is 55.5 cm³/mol. The van der Waals surface area contributed by atoms with E-state index in [-0.39, 0.29) is 24.4 Å². The summed E-state index contributed by atoms with van der Waals surface area (Å²) in [6.07, 6.45) is 2.97. The van der Waals surface area contributed by atoms with E-state index in [2.05, 4.69) is 10.6 Å². The van der Waals surface area contributed by atoms with Crippen LogP contribution in [0.1, 0.15) is 32.6 Å². The fourth-order valence-corrected chi connectivity index (χ4v) is 1.73. The summed E-state index contributed by atoms with van der Waals surface area (Å²) in [5, 5.41) is 14.4. The summed E-state index contributed by atoms with van der Waals surface area (Å²) in [6.45, 7) is 2.57. The molecule has 15 heavy (non-hydrogen) atoms. The Morgan fingerprint density at radius 3 is 2.80 bits per heavy atom. The van der Waals surface area contributed by atoms with Crippen molar-refractivity contribution in [1.82, 2.24) is 10.6 Å². The summed E-state index contributed by atoms with van der Waals surface area (Å²) in [5.74, 6) is -0.970. The molecule has 0 radical (unpaired) electrons. The fourth-order valence-electron chi connectivity index (χ4n) is 1.73. The molecule has 1 amide bonds. The molecular weight excluding hydrogens is 196 g/mol. The van der Waals surface area contributed by atoms with Crippen LogP contribution < -0.4 is 10.6 Å². The molecule has 0 aliphatic carbocycles. The predicted octanol–water partition coefficient (Wildman–Crippen LogP) is 0.108. The Labute approximate surface area is 89.2 Å². The van der Waals surface area contributed by atoms with Gasteiger partial charge in [-0.3, -0.25) is 9.59 Å². The van der Waals surface area contributed by atoms with Crippen LogP contribution in [0.5, 0.6) is 0 Å². The lowest BCUT2D eigenvalue weighted by atomic mass is 10.0. The van der Waals surface area contributed by atoms with Gasteiger partial charge in [0, 0.05) is 6.04 Å². The van der Waals surface area contributed by atoms with E-state index in [4.69, 9.17) is 5.11 Å². The third-order valence-corrected chi connectivity index (χ3v) is 2.50. The van der Waals surface area contributed by atoms with Crippen molar-refractivity contribution in [2.45, 2.75) is 44.7 Å². The standard InChI is InChI=1S/C10H18N2O3/c1-7(6-9(13)14)12-10(15)8-4-2-3-5-11-8/h7-8,11H,2-6H2,1H3,(H,12,15)(H,13,14)/t7?,8-/m1/s1. The summed E-state index contributed by atoms with van der Waals surface area (Å²) in [6, 6.07) is -0.450. The zero-order valence-electron chi connectivity index (χ0n) is 8.95. The molecule has 5 heteroatoms. The van der Waals surface area contributed by atoms with E-state index in [0.717, 1.165) is 25.8 Å². The van der Waals surface area contributed by atoms with Gasteiger partial charge in [0.2, 0.25) is 5.91 Å². The Kier molecular flexibility index (Phi) is 4.55. The second-order valence-corrected chi connectivity index (χ2v) is 4.01. The maximum absolute atomic E-state index is 11.6. The molecule has 0 aromatic heterocycles. The number of carboxylic acids is 1. The van der Waals surface area contributed by atoms with Crippen LogP contribution in [0.2, 0.25) is 0 Å². The number of piperidine rings is 1. The van der Waals surface area contributed by atoms with Crippen LogP contribution in [0, 0.1) is 0 Å². The SMILES string of the molecule is CC(CC(=O)O)NC(=O)[C@H]1CCCCN1. The highest BCUT2D eigenvalue weighted by Gasteiger charge is 2.22. The van der Waals surface area contributed by atoms with Crippen molar-refractivity contribution in [1.29, 1.82) is 0 Å². The van der Waals surface area contributed by atoms with E-state index < -0.39 is 5.97 Å². The molecule has 1 aliphatic rings. The number of carbonyl (C=O) groups is 2. The number of carbonyl (C=O) groups excluding carboxylic acids is 1. The minimum absolute atomic E-state index is 0.0293. The molecule has 5 nitrogen and oxygen atoms in total. The first-order valence-corrected chi connectivity index (χ1v) is 5.35. The number of nitrogens with one attached hydrogen (secondary N) is 2. The van der Waals surface area contributed by atoms with Gasteiger partial charge in [0.1, 0.15) is 0 Å². The second-order valence-electron chi connectivity index (χ2n) is 4.01. The molecule has 1 fully saturated rings. The van der Waals surface area contributed by atoms with Crippen molar-refractivity contribution in [3.63, 3.8) is 0 Å². The van der Waals surface area contributed by atoms with E-state index in [1.165, 1.54) is 0 Å². The van der Waals surface area contributed by atoms with E-state index in [0.29, 0.717) is 0 Å². The molecule has 1 aliphatic heterocycles. The first kappa shape index (κ1) is 12.0.